The van der Waals surface area contributed by atoms with Crippen molar-refractivity contribution in [1.82, 2.24) is 4.98 Å². The molecule has 1 aromatic heterocycles. The SMILES string of the molecule is CC[Si](CC)(CC)CCCNc1ccnc2cc(Cl)ccc12. The van der Waals surface area contributed by atoms with E-state index in [9.17, 15) is 0 Å². The molecule has 0 saturated carbocycles. The smallest absolute Gasteiger partial charge is 0.0737 e. The second kappa shape index (κ2) is 7.98. The molecule has 1 aromatic carbocycles. The van der Waals surface area contributed by atoms with Gasteiger partial charge >= 0.3 is 0 Å². The molecule has 0 spiro atoms. The highest BCUT2D eigenvalue weighted by molar-refractivity contribution is 6.79. The normalized spacial score (nSPS) is 11.8. The number of nitrogens with one attached hydrogen (secondary N) is 1. The second-order valence-corrected chi connectivity index (χ2v) is 12.2. The van der Waals surface area contributed by atoms with Gasteiger partial charge in [0.15, 0.2) is 0 Å². The van der Waals surface area contributed by atoms with Crippen LogP contribution in [0.5, 0.6) is 0 Å². The summed E-state index contributed by atoms with van der Waals surface area (Å²) in [5.41, 5.74) is 2.12. The van der Waals surface area contributed by atoms with E-state index in [1.807, 2.05) is 18.3 Å². The number of hydrogen-bond donors (Lipinski definition) is 1. The van der Waals surface area contributed by atoms with Gasteiger partial charge in [-0.25, -0.2) is 0 Å². The number of halogens is 1. The second-order valence-electron chi connectivity index (χ2n) is 6.11. The third kappa shape index (κ3) is 4.02. The molecule has 0 saturated heterocycles. The van der Waals surface area contributed by atoms with Gasteiger partial charge in [-0.3, -0.25) is 4.98 Å². The number of hydrogen-bond acceptors (Lipinski definition) is 2. The van der Waals surface area contributed by atoms with Crippen molar-refractivity contribution < 1.29 is 0 Å². The van der Waals surface area contributed by atoms with Crippen molar-refractivity contribution >= 4 is 36.3 Å². The fourth-order valence-corrected chi connectivity index (χ4v) is 6.90. The van der Waals surface area contributed by atoms with Crippen molar-refractivity contribution in [3.05, 3.63) is 35.5 Å². The summed E-state index contributed by atoms with van der Waals surface area (Å²) < 4.78 is 0. The van der Waals surface area contributed by atoms with E-state index >= 15 is 0 Å². The Morgan fingerprint density at radius 3 is 2.50 bits per heavy atom. The molecule has 1 N–H and O–H groups in total. The van der Waals surface area contributed by atoms with Crippen molar-refractivity contribution in [3.63, 3.8) is 0 Å². The minimum atomic E-state index is -0.987. The standard InChI is InChI=1S/C18H27ClN2Si/c1-4-22(5-2,6-3)13-7-11-20-17-10-12-21-18-14-15(19)8-9-16(17)18/h8-10,12,14H,4-7,11,13H2,1-3H3,(H,20,21). The van der Waals surface area contributed by atoms with Gasteiger partial charge in [-0.15, -0.1) is 0 Å². The first-order valence-corrected chi connectivity index (χ1v) is 11.6. The first-order chi connectivity index (χ1) is 10.6. The van der Waals surface area contributed by atoms with Gasteiger partial charge in [-0.1, -0.05) is 56.5 Å². The van der Waals surface area contributed by atoms with Gasteiger partial charge < -0.3 is 5.32 Å². The van der Waals surface area contributed by atoms with Gasteiger partial charge in [0.25, 0.3) is 0 Å². The summed E-state index contributed by atoms with van der Waals surface area (Å²) in [6, 6.07) is 13.6. The molecule has 0 bridgehead atoms. The lowest BCUT2D eigenvalue weighted by Gasteiger charge is -2.28. The zero-order valence-corrected chi connectivity index (χ0v) is 15.7. The Morgan fingerprint density at radius 2 is 1.82 bits per heavy atom. The number of benzene rings is 1. The first-order valence-electron chi connectivity index (χ1n) is 8.42. The van der Waals surface area contributed by atoms with E-state index in [4.69, 9.17) is 11.6 Å². The van der Waals surface area contributed by atoms with Crippen LogP contribution in [0.15, 0.2) is 30.5 Å². The molecule has 0 amide bonds. The van der Waals surface area contributed by atoms with Gasteiger partial charge in [-0.2, -0.15) is 0 Å². The van der Waals surface area contributed by atoms with Crippen LogP contribution >= 0.6 is 11.6 Å². The van der Waals surface area contributed by atoms with Crippen molar-refractivity contribution in [2.45, 2.75) is 51.4 Å². The van der Waals surface area contributed by atoms with Crippen molar-refractivity contribution in [2.75, 3.05) is 11.9 Å². The van der Waals surface area contributed by atoms with Crippen LogP contribution in [0.2, 0.25) is 29.2 Å². The quantitative estimate of drug-likeness (QED) is 0.459. The van der Waals surface area contributed by atoms with Crippen LogP contribution in [0.25, 0.3) is 10.9 Å². The van der Waals surface area contributed by atoms with E-state index in [2.05, 4.69) is 43.2 Å². The number of fused-ring (bicyclic) bond motifs is 1. The monoisotopic (exact) mass is 334 g/mol. The molecule has 1 heterocycles. The highest BCUT2D eigenvalue weighted by atomic mass is 35.5. The fraction of sp³-hybridized carbons (Fsp3) is 0.500. The molecule has 0 aliphatic carbocycles. The lowest BCUT2D eigenvalue weighted by atomic mass is 10.2. The van der Waals surface area contributed by atoms with E-state index in [1.54, 1.807) is 0 Å². The minimum absolute atomic E-state index is 0.738. The summed E-state index contributed by atoms with van der Waals surface area (Å²) >= 11 is 6.04. The summed E-state index contributed by atoms with van der Waals surface area (Å²) in [4.78, 5) is 4.39. The van der Waals surface area contributed by atoms with Crippen molar-refractivity contribution in [1.29, 1.82) is 0 Å². The highest BCUT2D eigenvalue weighted by Crippen LogP contribution is 2.27. The zero-order chi connectivity index (χ0) is 16.0. The summed E-state index contributed by atoms with van der Waals surface area (Å²) in [6.45, 7) is 8.18. The van der Waals surface area contributed by atoms with Crippen LogP contribution in [0, 0.1) is 0 Å². The Bertz CT molecular complexity index is 603. The Kier molecular flexibility index (Phi) is 6.27. The highest BCUT2D eigenvalue weighted by Gasteiger charge is 2.25. The molecule has 0 aliphatic rings. The zero-order valence-electron chi connectivity index (χ0n) is 14.0. The molecule has 22 heavy (non-hydrogen) atoms. The van der Waals surface area contributed by atoms with Crippen LogP contribution in [-0.2, 0) is 0 Å². The molecule has 4 heteroatoms. The lowest BCUT2D eigenvalue weighted by Crippen LogP contribution is -2.31. The van der Waals surface area contributed by atoms with Crippen molar-refractivity contribution in [2.24, 2.45) is 0 Å². The predicted molar refractivity (Wildman–Crippen MR) is 102 cm³/mol. The molecule has 2 aromatic rings. The number of anilines is 1. The fourth-order valence-electron chi connectivity index (χ4n) is 3.24. The molecule has 0 atom stereocenters. The molecule has 2 rings (SSSR count). The Morgan fingerprint density at radius 1 is 1.09 bits per heavy atom. The Hall–Kier alpha value is -1.06. The third-order valence-electron chi connectivity index (χ3n) is 5.15. The van der Waals surface area contributed by atoms with Gasteiger partial charge in [-0.05, 0) is 30.7 Å². The molecule has 0 fully saturated rings. The van der Waals surface area contributed by atoms with Crippen LogP contribution in [0.3, 0.4) is 0 Å². The Balaban J connectivity index is 1.98. The largest absolute Gasteiger partial charge is 0.384 e. The Labute approximate surface area is 140 Å². The molecule has 0 unspecified atom stereocenters. The maximum absolute atomic E-state index is 6.04. The van der Waals surface area contributed by atoms with Gasteiger partial charge in [0.05, 0.1) is 13.6 Å². The van der Waals surface area contributed by atoms with Gasteiger partial charge in [0.1, 0.15) is 0 Å². The van der Waals surface area contributed by atoms with Crippen molar-refractivity contribution in [3.8, 4) is 0 Å². The third-order valence-corrected chi connectivity index (χ3v) is 11.3. The number of aromatic nitrogens is 1. The molecule has 0 radical (unpaired) electrons. The molecule has 2 nitrogen and oxygen atoms in total. The van der Waals surface area contributed by atoms with Crippen LogP contribution in [-0.4, -0.2) is 19.6 Å². The van der Waals surface area contributed by atoms with Gasteiger partial charge in [0, 0.05) is 28.8 Å². The first kappa shape index (κ1) is 17.3. The van der Waals surface area contributed by atoms with Crippen LogP contribution in [0.1, 0.15) is 27.2 Å². The number of nitrogens with zero attached hydrogens (tertiary/aromatic N) is 1. The minimum Gasteiger partial charge on any atom is -0.384 e. The summed E-state index contributed by atoms with van der Waals surface area (Å²) in [5, 5.41) is 5.48. The van der Waals surface area contributed by atoms with E-state index in [1.165, 1.54) is 36.3 Å². The summed E-state index contributed by atoms with van der Waals surface area (Å²) in [5.74, 6) is 0. The average molecular weight is 335 g/mol. The lowest BCUT2D eigenvalue weighted by molar-refractivity contribution is 0.927. The summed E-state index contributed by atoms with van der Waals surface area (Å²) in [7, 11) is -0.987. The number of pyridine rings is 1. The van der Waals surface area contributed by atoms with Crippen LogP contribution in [0.4, 0.5) is 5.69 Å². The van der Waals surface area contributed by atoms with Crippen LogP contribution < -0.4 is 5.32 Å². The molecule has 120 valence electrons. The topological polar surface area (TPSA) is 24.9 Å². The van der Waals surface area contributed by atoms with E-state index in [-0.39, 0.29) is 0 Å². The average Bonchev–Trinajstić information content (AvgIpc) is 2.55. The van der Waals surface area contributed by atoms with E-state index in [0.717, 1.165) is 22.5 Å². The number of rotatable bonds is 8. The van der Waals surface area contributed by atoms with E-state index < -0.39 is 8.07 Å². The maximum Gasteiger partial charge on any atom is 0.0737 e. The van der Waals surface area contributed by atoms with E-state index in [0.29, 0.717) is 0 Å². The maximum atomic E-state index is 6.04. The molecular weight excluding hydrogens is 308 g/mol. The molecule has 0 aliphatic heterocycles. The van der Waals surface area contributed by atoms with Gasteiger partial charge in [0.2, 0.25) is 0 Å². The predicted octanol–water partition coefficient (Wildman–Crippen LogP) is 6.20. The summed E-state index contributed by atoms with van der Waals surface area (Å²) in [6.07, 6.45) is 3.11. The molecular formula is C18H27ClN2Si.